The Morgan fingerprint density at radius 2 is 1.38 bits per heavy atom. The van der Waals surface area contributed by atoms with Gasteiger partial charge in [-0.15, -0.1) is 6.58 Å². The van der Waals surface area contributed by atoms with E-state index >= 15 is 0 Å². The van der Waals surface area contributed by atoms with Crippen LogP contribution in [0.1, 0.15) is 33.4 Å². The lowest BCUT2D eigenvalue weighted by atomic mass is 10.0. The molecule has 0 fully saturated rings. The molecule has 0 N–H and O–H groups in total. The minimum Gasteiger partial charge on any atom is -0.457 e. The molecule has 110 valence electrons. The van der Waals surface area contributed by atoms with Gasteiger partial charge in [-0.05, 0) is 86.6 Å². The zero-order valence-corrected chi connectivity index (χ0v) is 13.7. The van der Waals surface area contributed by atoms with Gasteiger partial charge in [0.2, 0.25) is 0 Å². The van der Waals surface area contributed by atoms with Gasteiger partial charge in [0, 0.05) is 0 Å². The van der Waals surface area contributed by atoms with Gasteiger partial charge in [0.25, 0.3) is 0 Å². The van der Waals surface area contributed by atoms with Gasteiger partial charge in [0.1, 0.15) is 11.5 Å². The van der Waals surface area contributed by atoms with Crippen molar-refractivity contribution in [2.45, 2.75) is 41.0 Å². The summed E-state index contributed by atoms with van der Waals surface area (Å²) in [6.07, 6.45) is 2.83. The third-order valence-corrected chi connectivity index (χ3v) is 4.02. The normalized spacial score (nSPS) is 10.5. The Labute approximate surface area is 128 Å². The third kappa shape index (κ3) is 3.36. The van der Waals surface area contributed by atoms with Crippen molar-refractivity contribution in [1.29, 1.82) is 0 Å². The van der Waals surface area contributed by atoms with E-state index in [9.17, 15) is 0 Å². The highest BCUT2D eigenvalue weighted by atomic mass is 16.5. The monoisotopic (exact) mass is 280 g/mol. The van der Waals surface area contributed by atoms with Crippen molar-refractivity contribution in [2.75, 3.05) is 0 Å². The molecule has 0 aliphatic carbocycles. The molecule has 2 rings (SSSR count). The molecule has 0 unspecified atom stereocenters. The van der Waals surface area contributed by atoms with Crippen molar-refractivity contribution >= 4 is 0 Å². The fourth-order valence-corrected chi connectivity index (χ4v) is 2.66. The van der Waals surface area contributed by atoms with E-state index in [1.54, 1.807) is 0 Å². The Morgan fingerprint density at radius 1 is 0.857 bits per heavy atom. The largest absolute Gasteiger partial charge is 0.457 e. The van der Waals surface area contributed by atoms with Crippen LogP contribution in [-0.2, 0) is 6.42 Å². The summed E-state index contributed by atoms with van der Waals surface area (Å²) in [4.78, 5) is 0. The van der Waals surface area contributed by atoms with E-state index in [4.69, 9.17) is 4.74 Å². The molecule has 0 spiro atoms. The fourth-order valence-electron chi connectivity index (χ4n) is 2.66. The molecule has 1 heteroatoms. The van der Waals surface area contributed by atoms with E-state index in [0.29, 0.717) is 0 Å². The van der Waals surface area contributed by atoms with E-state index in [2.05, 4.69) is 65.5 Å². The topological polar surface area (TPSA) is 9.23 Å². The van der Waals surface area contributed by atoms with Crippen LogP contribution in [0.5, 0.6) is 11.5 Å². The van der Waals surface area contributed by atoms with Crippen LogP contribution in [0.2, 0.25) is 0 Å². The molecule has 0 bridgehead atoms. The molecule has 1 nitrogen and oxygen atoms in total. The molecule has 0 aliphatic heterocycles. The molecule has 0 aromatic heterocycles. The molecule has 0 heterocycles. The molecule has 21 heavy (non-hydrogen) atoms. The van der Waals surface area contributed by atoms with Gasteiger partial charge in [-0.3, -0.25) is 0 Å². The van der Waals surface area contributed by atoms with Crippen LogP contribution in [0.15, 0.2) is 36.9 Å². The summed E-state index contributed by atoms with van der Waals surface area (Å²) in [5.74, 6) is 1.88. The van der Waals surface area contributed by atoms with Crippen LogP contribution >= 0.6 is 0 Å². The number of aryl methyl sites for hydroxylation is 4. The minimum atomic E-state index is 0.894. The lowest BCUT2D eigenvalue weighted by molar-refractivity contribution is 0.474. The zero-order valence-electron chi connectivity index (χ0n) is 13.7. The molecular formula is C20H24O. The summed E-state index contributed by atoms with van der Waals surface area (Å²) in [5.41, 5.74) is 7.48. The number of ether oxygens (including phenoxy) is 1. The smallest absolute Gasteiger partial charge is 0.133 e. The van der Waals surface area contributed by atoms with Crippen LogP contribution < -0.4 is 4.74 Å². The molecule has 2 aromatic carbocycles. The molecule has 0 saturated heterocycles. The highest BCUT2D eigenvalue weighted by Gasteiger charge is 2.09. The quantitative estimate of drug-likeness (QED) is 0.648. The predicted octanol–water partition coefficient (Wildman–Crippen LogP) is 5.75. The number of hydrogen-bond acceptors (Lipinski definition) is 1. The second-order valence-electron chi connectivity index (χ2n) is 5.84. The first kappa shape index (κ1) is 15.4. The SMILES string of the molecule is C=CCc1cc(C)c(Oc2cc(C)c(C)c(C)c2)c(C)c1. The molecule has 0 atom stereocenters. The Balaban J connectivity index is 2.38. The van der Waals surface area contributed by atoms with E-state index in [1.807, 2.05) is 6.08 Å². The minimum absolute atomic E-state index is 0.894. The summed E-state index contributed by atoms with van der Waals surface area (Å²) < 4.78 is 6.16. The van der Waals surface area contributed by atoms with Gasteiger partial charge in [-0.2, -0.15) is 0 Å². The molecule has 0 amide bonds. The molecule has 0 aliphatic rings. The van der Waals surface area contributed by atoms with Crippen molar-refractivity contribution < 1.29 is 4.74 Å². The van der Waals surface area contributed by atoms with Gasteiger partial charge in [-0.25, -0.2) is 0 Å². The first-order chi connectivity index (χ1) is 9.92. The Kier molecular flexibility index (Phi) is 4.52. The van der Waals surface area contributed by atoms with Gasteiger partial charge in [-0.1, -0.05) is 18.2 Å². The maximum Gasteiger partial charge on any atom is 0.133 e. The highest BCUT2D eigenvalue weighted by molar-refractivity contribution is 5.48. The average molecular weight is 280 g/mol. The van der Waals surface area contributed by atoms with Gasteiger partial charge < -0.3 is 4.74 Å². The second kappa shape index (κ2) is 6.17. The van der Waals surface area contributed by atoms with Crippen LogP contribution in [0.3, 0.4) is 0 Å². The van der Waals surface area contributed by atoms with Crippen molar-refractivity contribution in [3.63, 3.8) is 0 Å². The molecule has 0 saturated carbocycles. The van der Waals surface area contributed by atoms with Crippen molar-refractivity contribution in [1.82, 2.24) is 0 Å². The average Bonchev–Trinajstić information content (AvgIpc) is 2.40. The summed E-state index contributed by atoms with van der Waals surface area (Å²) in [6, 6.07) is 8.58. The number of benzene rings is 2. The zero-order chi connectivity index (χ0) is 15.6. The van der Waals surface area contributed by atoms with Crippen molar-refractivity contribution in [3.8, 4) is 11.5 Å². The Hall–Kier alpha value is -2.02. The van der Waals surface area contributed by atoms with E-state index in [-0.39, 0.29) is 0 Å². The maximum absolute atomic E-state index is 6.16. The number of rotatable bonds is 4. The summed E-state index contributed by atoms with van der Waals surface area (Å²) >= 11 is 0. The highest BCUT2D eigenvalue weighted by Crippen LogP contribution is 2.32. The fraction of sp³-hybridized carbons (Fsp3) is 0.300. The van der Waals surface area contributed by atoms with Crippen LogP contribution in [-0.4, -0.2) is 0 Å². The summed E-state index contributed by atoms with van der Waals surface area (Å²) in [7, 11) is 0. The van der Waals surface area contributed by atoms with Crippen LogP contribution in [0.4, 0.5) is 0 Å². The standard InChI is InChI=1S/C20H24O/c1-7-8-18-9-15(4)20(16(5)10-18)21-19-11-13(2)17(6)14(3)12-19/h7,9-12H,1,8H2,2-6H3. The van der Waals surface area contributed by atoms with Gasteiger partial charge in [0.15, 0.2) is 0 Å². The second-order valence-corrected chi connectivity index (χ2v) is 5.84. The van der Waals surface area contributed by atoms with E-state index < -0.39 is 0 Å². The first-order valence-electron chi connectivity index (χ1n) is 7.39. The molecular weight excluding hydrogens is 256 g/mol. The molecule has 2 aromatic rings. The van der Waals surface area contributed by atoms with Gasteiger partial charge >= 0.3 is 0 Å². The maximum atomic E-state index is 6.16. The molecule has 0 radical (unpaired) electrons. The lowest BCUT2D eigenvalue weighted by Crippen LogP contribution is -1.96. The third-order valence-electron chi connectivity index (χ3n) is 4.02. The summed E-state index contributed by atoms with van der Waals surface area (Å²) in [6.45, 7) is 14.4. The summed E-state index contributed by atoms with van der Waals surface area (Å²) in [5, 5.41) is 0. The number of hydrogen-bond donors (Lipinski definition) is 0. The lowest BCUT2D eigenvalue weighted by Gasteiger charge is -2.15. The van der Waals surface area contributed by atoms with E-state index in [1.165, 1.54) is 33.4 Å². The van der Waals surface area contributed by atoms with Crippen LogP contribution in [0.25, 0.3) is 0 Å². The van der Waals surface area contributed by atoms with Crippen molar-refractivity contribution in [2.24, 2.45) is 0 Å². The predicted molar refractivity (Wildman–Crippen MR) is 90.5 cm³/mol. The van der Waals surface area contributed by atoms with E-state index in [0.717, 1.165) is 17.9 Å². The van der Waals surface area contributed by atoms with Crippen LogP contribution in [0, 0.1) is 34.6 Å². The first-order valence-corrected chi connectivity index (χ1v) is 7.39. The number of allylic oxidation sites excluding steroid dienone is 1. The van der Waals surface area contributed by atoms with Gasteiger partial charge in [0.05, 0.1) is 0 Å². The van der Waals surface area contributed by atoms with Crippen molar-refractivity contribution in [3.05, 3.63) is 70.3 Å². The Bertz CT molecular complexity index is 634. The Morgan fingerprint density at radius 3 is 1.86 bits per heavy atom.